The first kappa shape index (κ1) is 23.5. The molecule has 0 radical (unpaired) electrons. The van der Waals surface area contributed by atoms with Crippen molar-refractivity contribution in [2.75, 3.05) is 0 Å². The maximum Gasteiger partial charge on any atom is 0.386 e. The van der Waals surface area contributed by atoms with E-state index in [-0.39, 0.29) is 11.1 Å². The molecular formula is C20H14F8O2. The van der Waals surface area contributed by atoms with Gasteiger partial charge in [-0.05, 0) is 11.1 Å². The maximum atomic E-state index is 14.0. The van der Waals surface area contributed by atoms with Gasteiger partial charge in [-0.3, -0.25) is 9.59 Å². The number of rotatable bonds is 9. The first-order valence-corrected chi connectivity index (χ1v) is 8.41. The molecular weight excluding hydrogens is 424 g/mol. The minimum absolute atomic E-state index is 0.215. The summed E-state index contributed by atoms with van der Waals surface area (Å²) in [6.45, 7) is 0. The topological polar surface area (TPSA) is 34.1 Å². The van der Waals surface area contributed by atoms with Gasteiger partial charge in [-0.2, -0.15) is 35.1 Å². The zero-order chi connectivity index (χ0) is 22.8. The summed E-state index contributed by atoms with van der Waals surface area (Å²) in [5.74, 6) is -31.4. The van der Waals surface area contributed by atoms with Gasteiger partial charge in [0.15, 0.2) is 0 Å². The Morgan fingerprint density at radius 3 is 1.07 bits per heavy atom. The number of hydrogen-bond donors (Lipinski definition) is 0. The van der Waals surface area contributed by atoms with Crippen molar-refractivity contribution in [3.63, 3.8) is 0 Å². The smallest absolute Gasteiger partial charge is 0.292 e. The second kappa shape index (κ2) is 8.16. The Bertz CT molecular complexity index is 820. The number of ketones is 2. The van der Waals surface area contributed by atoms with Crippen LogP contribution >= 0.6 is 0 Å². The molecule has 0 unspecified atom stereocenters. The predicted molar refractivity (Wildman–Crippen MR) is 90.1 cm³/mol. The van der Waals surface area contributed by atoms with Gasteiger partial charge in [0.2, 0.25) is 11.6 Å². The SMILES string of the molecule is O=C(Cc1ccccc1)C(F)(F)C(F)(F)C(F)(F)C(F)(F)C(=O)Cc1ccccc1. The van der Waals surface area contributed by atoms with Crippen LogP contribution in [0.3, 0.4) is 0 Å². The van der Waals surface area contributed by atoms with Crippen molar-refractivity contribution in [1.82, 2.24) is 0 Å². The van der Waals surface area contributed by atoms with Gasteiger partial charge in [0.1, 0.15) is 0 Å². The standard InChI is InChI=1S/C20H14F8O2/c21-17(22,15(29)11-13-7-3-1-4-8-13)19(25,26)20(27,28)18(23,24)16(30)12-14-9-5-2-6-10-14/h1-10H,11-12H2. The molecule has 0 spiro atoms. The Morgan fingerprint density at radius 2 is 0.800 bits per heavy atom. The molecule has 0 aliphatic heterocycles. The summed E-state index contributed by atoms with van der Waals surface area (Å²) in [7, 11) is 0. The molecule has 0 fully saturated rings. The average molecular weight is 438 g/mol. The van der Waals surface area contributed by atoms with E-state index >= 15 is 0 Å². The minimum Gasteiger partial charge on any atom is -0.292 e. The molecule has 0 atom stereocenters. The van der Waals surface area contributed by atoms with E-state index in [2.05, 4.69) is 0 Å². The average Bonchev–Trinajstić information content (AvgIpc) is 2.69. The van der Waals surface area contributed by atoms with Crippen molar-refractivity contribution in [1.29, 1.82) is 0 Å². The van der Waals surface area contributed by atoms with E-state index in [4.69, 9.17) is 0 Å². The van der Waals surface area contributed by atoms with Gasteiger partial charge >= 0.3 is 23.7 Å². The van der Waals surface area contributed by atoms with Crippen LogP contribution in [0.15, 0.2) is 60.7 Å². The van der Waals surface area contributed by atoms with Crippen LogP contribution in [0.4, 0.5) is 35.1 Å². The number of carbonyl (C=O) groups excluding carboxylic acids is 2. The molecule has 0 saturated heterocycles. The van der Waals surface area contributed by atoms with Gasteiger partial charge in [-0.1, -0.05) is 60.7 Å². The number of alkyl halides is 8. The summed E-state index contributed by atoms with van der Waals surface area (Å²) < 4.78 is 112. The van der Waals surface area contributed by atoms with Crippen molar-refractivity contribution < 1.29 is 44.7 Å². The molecule has 0 aliphatic carbocycles. The molecule has 0 aliphatic rings. The van der Waals surface area contributed by atoms with Gasteiger partial charge in [0.05, 0.1) is 0 Å². The van der Waals surface area contributed by atoms with Crippen molar-refractivity contribution in [2.24, 2.45) is 0 Å². The molecule has 0 aromatic heterocycles. The molecule has 30 heavy (non-hydrogen) atoms. The Hall–Kier alpha value is -2.78. The van der Waals surface area contributed by atoms with Crippen molar-refractivity contribution in [3.05, 3.63) is 71.8 Å². The van der Waals surface area contributed by atoms with Gasteiger partial charge in [-0.25, -0.2) is 0 Å². The third-order valence-corrected chi connectivity index (χ3v) is 4.30. The van der Waals surface area contributed by atoms with E-state index in [1.54, 1.807) is 0 Å². The van der Waals surface area contributed by atoms with Gasteiger partial charge in [-0.15, -0.1) is 0 Å². The molecule has 0 saturated carbocycles. The van der Waals surface area contributed by atoms with Crippen LogP contribution in [0.5, 0.6) is 0 Å². The highest BCUT2D eigenvalue weighted by Crippen LogP contribution is 2.53. The number of benzene rings is 2. The second-order valence-electron chi connectivity index (χ2n) is 6.47. The van der Waals surface area contributed by atoms with E-state index in [1.807, 2.05) is 0 Å². The quantitative estimate of drug-likeness (QED) is 0.508. The third kappa shape index (κ3) is 4.08. The van der Waals surface area contributed by atoms with Crippen LogP contribution in [0.25, 0.3) is 0 Å². The molecule has 0 N–H and O–H groups in total. The van der Waals surface area contributed by atoms with Crippen LogP contribution < -0.4 is 0 Å². The monoisotopic (exact) mass is 438 g/mol. The third-order valence-electron chi connectivity index (χ3n) is 4.30. The van der Waals surface area contributed by atoms with E-state index in [1.165, 1.54) is 36.4 Å². The summed E-state index contributed by atoms with van der Waals surface area (Å²) in [6, 6.07) is 12.2. The first-order valence-electron chi connectivity index (χ1n) is 8.41. The lowest BCUT2D eigenvalue weighted by Gasteiger charge is -2.35. The second-order valence-corrected chi connectivity index (χ2v) is 6.47. The number of carbonyl (C=O) groups is 2. The molecule has 0 amide bonds. The molecule has 2 rings (SSSR count). The molecule has 0 bridgehead atoms. The van der Waals surface area contributed by atoms with Crippen LogP contribution in [0, 0.1) is 0 Å². The van der Waals surface area contributed by atoms with Crippen LogP contribution in [-0.2, 0) is 22.4 Å². The lowest BCUT2D eigenvalue weighted by Crippen LogP contribution is -2.66. The lowest BCUT2D eigenvalue weighted by atomic mass is 9.90. The summed E-state index contributed by atoms with van der Waals surface area (Å²) in [6.07, 6.45) is -2.80. The number of halogens is 8. The zero-order valence-electron chi connectivity index (χ0n) is 15.0. The normalized spacial score (nSPS) is 13.2. The molecule has 0 heterocycles. The van der Waals surface area contributed by atoms with E-state index in [0.29, 0.717) is 0 Å². The molecule has 162 valence electrons. The Kier molecular flexibility index (Phi) is 6.39. The van der Waals surface area contributed by atoms with Crippen LogP contribution in [0.2, 0.25) is 0 Å². The first-order chi connectivity index (χ1) is 13.7. The van der Waals surface area contributed by atoms with Crippen LogP contribution in [0.1, 0.15) is 11.1 Å². The highest BCUT2D eigenvalue weighted by molar-refractivity contribution is 5.91. The van der Waals surface area contributed by atoms with Crippen molar-refractivity contribution in [2.45, 2.75) is 36.5 Å². The minimum atomic E-state index is -6.83. The number of Topliss-reactive ketones (excluding diaryl/α,β-unsaturated/α-hetero) is 2. The molecule has 2 aromatic rings. The summed E-state index contributed by atoms with van der Waals surface area (Å²) in [4.78, 5) is 23.2. The van der Waals surface area contributed by atoms with Crippen molar-refractivity contribution >= 4 is 11.6 Å². The zero-order valence-corrected chi connectivity index (χ0v) is 15.0. The highest BCUT2D eigenvalue weighted by atomic mass is 19.4. The summed E-state index contributed by atoms with van der Waals surface area (Å²) >= 11 is 0. The van der Waals surface area contributed by atoms with Crippen molar-refractivity contribution in [3.8, 4) is 0 Å². The maximum absolute atomic E-state index is 14.0. The Balaban J connectivity index is 2.31. The van der Waals surface area contributed by atoms with Gasteiger partial charge < -0.3 is 0 Å². The lowest BCUT2D eigenvalue weighted by molar-refractivity contribution is -0.346. The Morgan fingerprint density at radius 1 is 0.533 bits per heavy atom. The molecule has 2 nitrogen and oxygen atoms in total. The fraction of sp³-hybridized carbons (Fsp3) is 0.300. The fourth-order valence-electron chi connectivity index (χ4n) is 2.53. The van der Waals surface area contributed by atoms with E-state index in [9.17, 15) is 44.7 Å². The predicted octanol–water partition coefficient (Wildman–Crippen LogP) is 5.15. The summed E-state index contributed by atoms with van der Waals surface area (Å²) in [5.41, 5.74) is -0.429. The van der Waals surface area contributed by atoms with Gasteiger partial charge in [0.25, 0.3) is 0 Å². The summed E-state index contributed by atoms with van der Waals surface area (Å²) in [5, 5.41) is 0. The Labute approximate surface area is 165 Å². The van der Waals surface area contributed by atoms with Gasteiger partial charge in [0, 0.05) is 12.8 Å². The molecule has 10 heteroatoms. The number of hydrogen-bond acceptors (Lipinski definition) is 2. The highest BCUT2D eigenvalue weighted by Gasteiger charge is 2.83. The largest absolute Gasteiger partial charge is 0.386 e. The van der Waals surface area contributed by atoms with E-state index in [0.717, 1.165) is 24.3 Å². The molecule has 2 aromatic carbocycles. The fourth-order valence-corrected chi connectivity index (χ4v) is 2.53. The van der Waals surface area contributed by atoms with E-state index < -0.39 is 48.1 Å². The van der Waals surface area contributed by atoms with Crippen LogP contribution in [-0.4, -0.2) is 35.3 Å².